The topological polar surface area (TPSA) is 55.4 Å². The largest absolute Gasteiger partial charge is 0.452 e. The lowest BCUT2D eigenvalue weighted by Gasteiger charge is -2.07. The maximum atomic E-state index is 13.6. The van der Waals surface area contributed by atoms with Crippen LogP contribution in [0.3, 0.4) is 0 Å². The number of amides is 1. The van der Waals surface area contributed by atoms with E-state index >= 15 is 0 Å². The van der Waals surface area contributed by atoms with Crippen LogP contribution in [0.1, 0.15) is 10.4 Å². The van der Waals surface area contributed by atoms with Gasteiger partial charge in [0.25, 0.3) is 5.91 Å². The summed E-state index contributed by atoms with van der Waals surface area (Å²) in [5, 5.41) is 2.65. The number of thioether (sulfide) groups is 1. The van der Waals surface area contributed by atoms with Crippen LogP contribution < -0.4 is 5.32 Å². The number of esters is 1. The molecule has 0 saturated heterocycles. The Kier molecular flexibility index (Phi) is 7.27. The van der Waals surface area contributed by atoms with Crippen molar-refractivity contribution < 1.29 is 18.7 Å². The second-order valence-corrected chi connectivity index (χ2v) is 6.80. The molecule has 0 radical (unpaired) electrons. The summed E-state index contributed by atoms with van der Waals surface area (Å²) in [5.41, 5.74) is -0.203. The first-order valence-corrected chi connectivity index (χ1v) is 8.91. The van der Waals surface area contributed by atoms with E-state index in [2.05, 4.69) is 21.2 Å². The summed E-state index contributed by atoms with van der Waals surface area (Å²) in [6.07, 6.45) is 0. The van der Waals surface area contributed by atoms with E-state index in [-0.39, 0.29) is 5.56 Å². The lowest BCUT2D eigenvalue weighted by atomic mass is 10.2. The van der Waals surface area contributed by atoms with E-state index in [1.54, 1.807) is 11.8 Å². The highest BCUT2D eigenvalue weighted by Gasteiger charge is 2.14. The molecule has 0 heterocycles. The Morgan fingerprint density at radius 2 is 1.92 bits per heavy atom. The maximum Gasteiger partial charge on any atom is 0.341 e. The first kappa shape index (κ1) is 18.5. The molecule has 1 amide bonds. The molecular weight excluding hydrogens is 397 g/mol. The highest BCUT2D eigenvalue weighted by Crippen LogP contribution is 2.16. The van der Waals surface area contributed by atoms with Crippen LogP contribution in [0.25, 0.3) is 0 Å². The summed E-state index contributed by atoms with van der Waals surface area (Å²) < 4.78 is 18.9. The smallest absolute Gasteiger partial charge is 0.341 e. The molecule has 0 spiro atoms. The molecule has 4 nitrogen and oxygen atoms in total. The van der Waals surface area contributed by atoms with E-state index in [1.165, 1.54) is 12.1 Å². The molecule has 0 fully saturated rings. The number of ether oxygens (including phenoxy) is 1. The highest BCUT2D eigenvalue weighted by molar-refractivity contribution is 9.10. The van der Waals surface area contributed by atoms with Crippen LogP contribution in [0, 0.1) is 5.82 Å². The van der Waals surface area contributed by atoms with E-state index in [0.717, 1.165) is 11.0 Å². The zero-order chi connectivity index (χ0) is 17.4. The summed E-state index contributed by atoms with van der Waals surface area (Å²) in [5.74, 6) is -1.29. The van der Waals surface area contributed by atoms with Crippen LogP contribution in [-0.4, -0.2) is 30.8 Å². The van der Waals surface area contributed by atoms with Gasteiger partial charge in [0.05, 0.1) is 5.56 Å². The molecule has 126 valence electrons. The van der Waals surface area contributed by atoms with E-state index < -0.39 is 24.3 Å². The van der Waals surface area contributed by atoms with Crippen molar-refractivity contribution in [1.29, 1.82) is 0 Å². The number of rotatable bonds is 7. The van der Waals surface area contributed by atoms with Gasteiger partial charge in [0.15, 0.2) is 6.61 Å². The minimum Gasteiger partial charge on any atom is -0.452 e. The monoisotopic (exact) mass is 411 g/mol. The molecule has 0 bridgehead atoms. The van der Waals surface area contributed by atoms with Gasteiger partial charge in [-0.3, -0.25) is 4.79 Å². The van der Waals surface area contributed by atoms with Gasteiger partial charge in [-0.2, -0.15) is 0 Å². The van der Waals surface area contributed by atoms with Gasteiger partial charge in [-0.1, -0.05) is 34.1 Å². The fraction of sp³-hybridized carbons (Fsp3) is 0.176. The molecule has 0 unspecified atom stereocenters. The number of carbonyl (C=O) groups excluding carboxylic acids is 2. The molecule has 2 aromatic carbocycles. The number of hydrogen-bond donors (Lipinski definition) is 1. The van der Waals surface area contributed by atoms with Gasteiger partial charge in [-0.15, -0.1) is 11.8 Å². The molecule has 0 aliphatic carbocycles. The van der Waals surface area contributed by atoms with Crippen molar-refractivity contribution in [1.82, 2.24) is 5.32 Å². The Hall–Kier alpha value is -1.86. The second-order valence-electron chi connectivity index (χ2n) is 4.71. The molecule has 24 heavy (non-hydrogen) atoms. The van der Waals surface area contributed by atoms with Crippen LogP contribution in [0.4, 0.5) is 4.39 Å². The first-order valence-electron chi connectivity index (χ1n) is 7.13. The summed E-state index contributed by atoms with van der Waals surface area (Å²) in [7, 11) is 0. The first-order chi connectivity index (χ1) is 11.6. The number of carbonyl (C=O) groups is 2. The van der Waals surface area contributed by atoms with Crippen molar-refractivity contribution in [2.45, 2.75) is 4.90 Å². The number of halogens is 2. The summed E-state index contributed by atoms with van der Waals surface area (Å²) in [4.78, 5) is 24.5. The van der Waals surface area contributed by atoms with E-state index in [9.17, 15) is 14.0 Å². The van der Waals surface area contributed by atoms with Crippen molar-refractivity contribution in [3.8, 4) is 0 Å². The van der Waals surface area contributed by atoms with Gasteiger partial charge in [0.2, 0.25) is 0 Å². The summed E-state index contributed by atoms with van der Waals surface area (Å²) in [6.45, 7) is 0.00688. The third-order valence-electron chi connectivity index (χ3n) is 2.92. The van der Waals surface area contributed by atoms with E-state index in [4.69, 9.17) is 4.74 Å². The van der Waals surface area contributed by atoms with Crippen molar-refractivity contribution >= 4 is 39.6 Å². The molecular formula is C17H15BrFNO3S. The summed E-state index contributed by atoms with van der Waals surface area (Å²) >= 11 is 4.71. The van der Waals surface area contributed by atoms with Gasteiger partial charge < -0.3 is 10.1 Å². The third-order valence-corrected chi connectivity index (χ3v) is 4.43. The van der Waals surface area contributed by atoms with Crippen LogP contribution >= 0.6 is 27.7 Å². The zero-order valence-electron chi connectivity index (χ0n) is 12.6. The molecule has 0 atom stereocenters. The lowest BCUT2D eigenvalue weighted by molar-refractivity contribution is -0.124. The van der Waals surface area contributed by atoms with Gasteiger partial charge in [0.1, 0.15) is 5.82 Å². The third kappa shape index (κ3) is 5.98. The normalized spacial score (nSPS) is 10.2. The quantitative estimate of drug-likeness (QED) is 0.429. The standard InChI is InChI=1S/C17H15BrFNO3S/c18-12-6-7-14(15(19)10-12)17(22)23-11-16(21)20-8-9-24-13-4-2-1-3-5-13/h1-7,10H,8-9,11H2,(H,20,21). The second kappa shape index (κ2) is 9.44. The molecule has 0 aliphatic rings. The average molecular weight is 412 g/mol. The van der Waals surface area contributed by atoms with Crippen LogP contribution in [-0.2, 0) is 9.53 Å². The van der Waals surface area contributed by atoms with Gasteiger partial charge in [-0.25, -0.2) is 9.18 Å². The molecule has 7 heteroatoms. The van der Waals surface area contributed by atoms with Crippen molar-refractivity contribution in [3.63, 3.8) is 0 Å². The predicted octanol–water partition coefficient (Wildman–Crippen LogP) is 3.65. The van der Waals surface area contributed by atoms with Crippen LogP contribution in [0.15, 0.2) is 57.9 Å². The van der Waals surface area contributed by atoms with E-state index in [0.29, 0.717) is 16.8 Å². The molecule has 0 aliphatic heterocycles. The minimum absolute atomic E-state index is 0.203. The fourth-order valence-electron chi connectivity index (χ4n) is 1.79. The average Bonchev–Trinajstić information content (AvgIpc) is 2.57. The van der Waals surface area contributed by atoms with Crippen LogP contribution in [0.5, 0.6) is 0 Å². The Morgan fingerprint density at radius 1 is 1.17 bits per heavy atom. The van der Waals surface area contributed by atoms with Crippen molar-refractivity contribution in [3.05, 3.63) is 64.4 Å². The van der Waals surface area contributed by atoms with Gasteiger partial charge in [-0.05, 0) is 30.3 Å². The maximum absolute atomic E-state index is 13.6. The van der Waals surface area contributed by atoms with Crippen molar-refractivity contribution in [2.75, 3.05) is 18.9 Å². The highest BCUT2D eigenvalue weighted by atomic mass is 79.9. The van der Waals surface area contributed by atoms with Gasteiger partial charge in [0, 0.05) is 21.7 Å². The molecule has 0 aromatic heterocycles. The van der Waals surface area contributed by atoms with E-state index in [1.807, 2.05) is 30.3 Å². The number of benzene rings is 2. The Bertz CT molecular complexity index is 712. The SMILES string of the molecule is O=C(COC(=O)c1ccc(Br)cc1F)NCCSc1ccccc1. The lowest BCUT2D eigenvalue weighted by Crippen LogP contribution is -2.30. The van der Waals surface area contributed by atoms with Crippen LogP contribution in [0.2, 0.25) is 0 Å². The van der Waals surface area contributed by atoms with Gasteiger partial charge >= 0.3 is 5.97 Å². The van der Waals surface area contributed by atoms with Crippen molar-refractivity contribution in [2.24, 2.45) is 0 Å². The summed E-state index contributed by atoms with van der Waals surface area (Å²) in [6, 6.07) is 13.8. The zero-order valence-corrected chi connectivity index (χ0v) is 15.0. The predicted molar refractivity (Wildman–Crippen MR) is 94.6 cm³/mol. The molecule has 2 aromatic rings. The Balaban J connectivity index is 1.68. The molecule has 0 saturated carbocycles. The number of nitrogens with one attached hydrogen (secondary N) is 1. The minimum atomic E-state index is -0.867. The molecule has 2 rings (SSSR count). The Labute approximate surface area is 151 Å². The molecule has 1 N–H and O–H groups in total. The fourth-order valence-corrected chi connectivity index (χ4v) is 2.91. The Morgan fingerprint density at radius 3 is 2.62 bits per heavy atom. The number of hydrogen-bond acceptors (Lipinski definition) is 4.